The van der Waals surface area contributed by atoms with E-state index < -0.39 is 6.10 Å². The predicted molar refractivity (Wildman–Crippen MR) is 61.0 cm³/mol. The molecule has 1 N–H and O–H groups in total. The fourth-order valence-electron chi connectivity index (χ4n) is 1.24. The van der Waals surface area contributed by atoms with Gasteiger partial charge in [-0.05, 0) is 18.1 Å². The van der Waals surface area contributed by atoms with Gasteiger partial charge in [-0.1, -0.05) is 41.4 Å². The van der Waals surface area contributed by atoms with Crippen molar-refractivity contribution in [2.24, 2.45) is 0 Å². The molecule has 0 aliphatic carbocycles. The standard InChI is InChI=1S/C11H12Cl2O/c1-2-4-9(14)7-8-5-3-6-10(12)11(8)13/h2-3,5-6,9,14H,1,4,7H2. The summed E-state index contributed by atoms with van der Waals surface area (Å²) in [6.07, 6.45) is 2.31. The van der Waals surface area contributed by atoms with Crippen molar-refractivity contribution < 1.29 is 5.11 Å². The molecule has 3 heteroatoms. The van der Waals surface area contributed by atoms with Crippen molar-refractivity contribution in [1.29, 1.82) is 0 Å². The van der Waals surface area contributed by atoms with Crippen LogP contribution >= 0.6 is 23.2 Å². The van der Waals surface area contributed by atoms with E-state index in [4.69, 9.17) is 23.2 Å². The largest absolute Gasteiger partial charge is 0.392 e. The molecule has 1 aromatic carbocycles. The molecule has 0 aromatic heterocycles. The van der Waals surface area contributed by atoms with Crippen LogP contribution in [0.5, 0.6) is 0 Å². The highest BCUT2D eigenvalue weighted by molar-refractivity contribution is 6.42. The SMILES string of the molecule is C=CCC(O)Cc1cccc(Cl)c1Cl. The summed E-state index contributed by atoms with van der Waals surface area (Å²) >= 11 is 11.8. The minimum absolute atomic E-state index is 0.441. The molecule has 1 unspecified atom stereocenters. The Hall–Kier alpha value is -0.500. The van der Waals surface area contributed by atoms with Crippen molar-refractivity contribution in [2.45, 2.75) is 18.9 Å². The maximum Gasteiger partial charge on any atom is 0.0625 e. The van der Waals surface area contributed by atoms with Crippen molar-refractivity contribution in [3.63, 3.8) is 0 Å². The third-order valence-electron chi connectivity index (χ3n) is 1.93. The lowest BCUT2D eigenvalue weighted by atomic mass is 10.1. The molecular weight excluding hydrogens is 219 g/mol. The zero-order chi connectivity index (χ0) is 10.6. The van der Waals surface area contributed by atoms with Crippen LogP contribution in [0.1, 0.15) is 12.0 Å². The first-order chi connectivity index (χ1) is 6.65. The molecule has 76 valence electrons. The monoisotopic (exact) mass is 230 g/mol. The van der Waals surface area contributed by atoms with E-state index in [0.29, 0.717) is 22.9 Å². The van der Waals surface area contributed by atoms with E-state index in [1.165, 1.54) is 0 Å². The van der Waals surface area contributed by atoms with Crippen molar-refractivity contribution in [2.75, 3.05) is 0 Å². The molecule has 1 nitrogen and oxygen atoms in total. The number of aliphatic hydroxyl groups is 1. The second kappa shape index (κ2) is 5.40. The second-order valence-corrected chi connectivity index (χ2v) is 3.88. The van der Waals surface area contributed by atoms with Gasteiger partial charge in [0, 0.05) is 6.42 Å². The Morgan fingerprint density at radius 1 is 1.43 bits per heavy atom. The van der Waals surface area contributed by atoms with Gasteiger partial charge >= 0.3 is 0 Å². The van der Waals surface area contributed by atoms with E-state index in [1.54, 1.807) is 12.1 Å². The van der Waals surface area contributed by atoms with Crippen LogP contribution in [0.15, 0.2) is 30.9 Å². The zero-order valence-corrected chi connectivity index (χ0v) is 9.22. The fraction of sp³-hybridized carbons (Fsp3) is 0.273. The van der Waals surface area contributed by atoms with Crippen LogP contribution < -0.4 is 0 Å². The third-order valence-corrected chi connectivity index (χ3v) is 2.78. The third kappa shape index (κ3) is 3.02. The van der Waals surface area contributed by atoms with Gasteiger partial charge in [0.25, 0.3) is 0 Å². The Morgan fingerprint density at radius 2 is 2.14 bits per heavy atom. The van der Waals surface area contributed by atoms with Crippen molar-refractivity contribution in [3.05, 3.63) is 46.5 Å². The molecule has 1 aromatic rings. The minimum atomic E-state index is -0.441. The number of hydrogen-bond acceptors (Lipinski definition) is 1. The molecule has 0 amide bonds. The van der Waals surface area contributed by atoms with Gasteiger partial charge in [0.05, 0.1) is 16.1 Å². The summed E-state index contributed by atoms with van der Waals surface area (Å²) in [5.74, 6) is 0. The molecule has 0 aliphatic rings. The molecule has 0 saturated carbocycles. The second-order valence-electron chi connectivity index (χ2n) is 3.10. The summed E-state index contributed by atoms with van der Waals surface area (Å²) in [5.41, 5.74) is 0.869. The normalized spacial score (nSPS) is 12.5. The Balaban J connectivity index is 2.76. The Labute approximate surface area is 94.0 Å². The molecule has 14 heavy (non-hydrogen) atoms. The summed E-state index contributed by atoms with van der Waals surface area (Å²) in [5, 5.41) is 10.6. The summed E-state index contributed by atoms with van der Waals surface area (Å²) in [4.78, 5) is 0. The first kappa shape index (κ1) is 11.6. The molecule has 0 fully saturated rings. The van der Waals surface area contributed by atoms with Gasteiger partial charge in [-0.2, -0.15) is 0 Å². The number of benzene rings is 1. The van der Waals surface area contributed by atoms with E-state index in [2.05, 4.69) is 6.58 Å². The fourth-order valence-corrected chi connectivity index (χ4v) is 1.63. The predicted octanol–water partition coefficient (Wildman–Crippen LogP) is 3.47. The van der Waals surface area contributed by atoms with Gasteiger partial charge in [-0.3, -0.25) is 0 Å². The lowest BCUT2D eigenvalue weighted by molar-refractivity contribution is 0.178. The molecule has 0 heterocycles. The van der Waals surface area contributed by atoms with E-state index >= 15 is 0 Å². The highest BCUT2D eigenvalue weighted by atomic mass is 35.5. The van der Waals surface area contributed by atoms with Gasteiger partial charge < -0.3 is 5.11 Å². The molecule has 0 aliphatic heterocycles. The van der Waals surface area contributed by atoms with E-state index in [1.807, 2.05) is 12.1 Å². The van der Waals surface area contributed by atoms with Crippen LogP contribution in [0, 0.1) is 0 Å². The van der Waals surface area contributed by atoms with Crippen molar-refractivity contribution in [1.82, 2.24) is 0 Å². The number of halogens is 2. The Bertz CT molecular complexity index is 323. The van der Waals surface area contributed by atoms with Crippen LogP contribution in [0.4, 0.5) is 0 Å². The molecule has 0 saturated heterocycles. The molecular formula is C11H12Cl2O. The van der Waals surface area contributed by atoms with Crippen molar-refractivity contribution in [3.8, 4) is 0 Å². The first-order valence-corrected chi connectivity index (χ1v) is 5.12. The highest BCUT2D eigenvalue weighted by Gasteiger charge is 2.08. The van der Waals surface area contributed by atoms with E-state index in [-0.39, 0.29) is 0 Å². The number of rotatable bonds is 4. The smallest absolute Gasteiger partial charge is 0.0625 e. The first-order valence-electron chi connectivity index (χ1n) is 4.37. The average Bonchev–Trinajstić information content (AvgIpc) is 2.13. The van der Waals surface area contributed by atoms with Gasteiger partial charge in [0.15, 0.2) is 0 Å². The topological polar surface area (TPSA) is 20.2 Å². The summed E-state index contributed by atoms with van der Waals surface area (Å²) < 4.78 is 0. The summed E-state index contributed by atoms with van der Waals surface area (Å²) in [7, 11) is 0. The zero-order valence-electron chi connectivity index (χ0n) is 7.71. The average molecular weight is 231 g/mol. The number of hydrogen-bond donors (Lipinski definition) is 1. The molecule has 0 radical (unpaired) electrons. The van der Waals surface area contributed by atoms with Crippen LogP contribution in [0.2, 0.25) is 10.0 Å². The van der Waals surface area contributed by atoms with Gasteiger partial charge in [-0.25, -0.2) is 0 Å². The van der Waals surface area contributed by atoms with Crippen LogP contribution in [-0.2, 0) is 6.42 Å². The van der Waals surface area contributed by atoms with Gasteiger partial charge in [0.2, 0.25) is 0 Å². The van der Waals surface area contributed by atoms with Gasteiger partial charge in [-0.15, -0.1) is 6.58 Å². The van der Waals surface area contributed by atoms with Crippen molar-refractivity contribution >= 4 is 23.2 Å². The summed E-state index contributed by atoms with van der Waals surface area (Å²) in [6.45, 7) is 3.56. The van der Waals surface area contributed by atoms with Gasteiger partial charge in [0.1, 0.15) is 0 Å². The maximum atomic E-state index is 9.54. The molecule has 1 atom stereocenters. The lowest BCUT2D eigenvalue weighted by Gasteiger charge is -2.10. The lowest BCUT2D eigenvalue weighted by Crippen LogP contribution is -2.09. The maximum absolute atomic E-state index is 9.54. The van der Waals surface area contributed by atoms with E-state index in [0.717, 1.165) is 5.56 Å². The van der Waals surface area contributed by atoms with Crippen LogP contribution in [-0.4, -0.2) is 11.2 Å². The Morgan fingerprint density at radius 3 is 2.79 bits per heavy atom. The highest BCUT2D eigenvalue weighted by Crippen LogP contribution is 2.26. The molecule has 1 rings (SSSR count). The molecule has 0 bridgehead atoms. The number of aliphatic hydroxyl groups excluding tert-OH is 1. The minimum Gasteiger partial charge on any atom is -0.392 e. The molecule has 0 spiro atoms. The quantitative estimate of drug-likeness (QED) is 0.786. The van der Waals surface area contributed by atoms with Crippen LogP contribution in [0.25, 0.3) is 0 Å². The van der Waals surface area contributed by atoms with Crippen LogP contribution in [0.3, 0.4) is 0 Å². The summed E-state index contributed by atoms with van der Waals surface area (Å²) in [6, 6.07) is 5.41. The Kier molecular flexibility index (Phi) is 4.46. The van der Waals surface area contributed by atoms with E-state index in [9.17, 15) is 5.11 Å².